The molecule has 2 aromatic carbocycles. The quantitative estimate of drug-likeness (QED) is 0.228. The van der Waals surface area contributed by atoms with Gasteiger partial charge in [0.05, 0.1) is 45.8 Å². The molecule has 2 atom stereocenters. The van der Waals surface area contributed by atoms with E-state index in [1.165, 1.54) is 0 Å². The minimum atomic E-state index is -0.598. The van der Waals surface area contributed by atoms with Gasteiger partial charge in [0.25, 0.3) is 0 Å². The monoisotopic (exact) mass is 608 g/mol. The smallest absolute Gasteiger partial charge is 0.224 e. The van der Waals surface area contributed by atoms with Gasteiger partial charge in [0.1, 0.15) is 18.3 Å². The van der Waals surface area contributed by atoms with E-state index >= 15 is 0 Å². The first-order chi connectivity index (χ1) is 20.2. The predicted molar refractivity (Wildman–Crippen MR) is 167 cm³/mol. The molecule has 2 unspecified atom stereocenters. The number of carbonyl (C=O) groups excluding carboxylic acids is 1. The third kappa shape index (κ3) is 7.71. The zero-order valence-electron chi connectivity index (χ0n) is 24.1. The van der Waals surface area contributed by atoms with Crippen LogP contribution in [0.25, 0.3) is 0 Å². The fraction of sp³-hybridized carbons (Fsp3) is 0.355. The molecule has 0 aliphatic carbocycles. The van der Waals surface area contributed by atoms with Crippen LogP contribution in [0.3, 0.4) is 0 Å². The van der Waals surface area contributed by atoms with Crippen LogP contribution in [0, 0.1) is 24.2 Å². The van der Waals surface area contributed by atoms with E-state index in [4.69, 9.17) is 32.7 Å². The molecule has 0 fully saturated rings. The molecule has 0 spiro atoms. The van der Waals surface area contributed by atoms with Gasteiger partial charge in [-0.15, -0.1) is 0 Å². The van der Waals surface area contributed by atoms with Gasteiger partial charge in [0.2, 0.25) is 5.91 Å². The predicted octanol–water partition coefficient (Wildman–Crippen LogP) is 6.96. The maximum absolute atomic E-state index is 12.8. The Morgan fingerprint density at radius 2 is 1.93 bits per heavy atom. The van der Waals surface area contributed by atoms with Gasteiger partial charge >= 0.3 is 0 Å². The fourth-order valence-electron chi connectivity index (χ4n) is 4.57. The highest BCUT2D eigenvalue weighted by Crippen LogP contribution is 2.44. The Morgan fingerprint density at radius 3 is 2.60 bits per heavy atom. The number of nitrogens with zero attached hydrogens (tertiary/aromatic N) is 4. The Labute approximate surface area is 256 Å². The van der Waals surface area contributed by atoms with Crippen LogP contribution < -0.4 is 20.1 Å². The third-order valence-electron chi connectivity index (χ3n) is 6.72. The summed E-state index contributed by atoms with van der Waals surface area (Å²) in [7, 11) is 3.94. The molecule has 0 saturated carbocycles. The number of aliphatic imine (C=N–C) groups is 1. The Morgan fingerprint density at radius 1 is 1.17 bits per heavy atom. The Bertz CT molecular complexity index is 1480. The highest BCUT2D eigenvalue weighted by molar-refractivity contribution is 6.37. The van der Waals surface area contributed by atoms with E-state index in [2.05, 4.69) is 26.7 Å². The Kier molecular flexibility index (Phi) is 10.6. The van der Waals surface area contributed by atoms with Gasteiger partial charge < -0.3 is 25.0 Å². The third-order valence-corrected chi connectivity index (χ3v) is 7.28. The molecule has 2 heterocycles. The second-order valence-electron chi connectivity index (χ2n) is 10.2. The summed E-state index contributed by atoms with van der Waals surface area (Å²) in [5.41, 5.74) is 4.27. The van der Waals surface area contributed by atoms with Crippen LogP contribution in [-0.4, -0.2) is 49.3 Å². The highest BCUT2D eigenvalue weighted by Gasteiger charge is 2.30. The van der Waals surface area contributed by atoms with Crippen molar-refractivity contribution in [3.63, 3.8) is 0 Å². The molecule has 1 aliphatic rings. The van der Waals surface area contributed by atoms with Gasteiger partial charge in [-0.1, -0.05) is 29.3 Å². The topological polar surface area (TPSA) is 112 Å². The van der Waals surface area contributed by atoms with Crippen molar-refractivity contribution in [2.75, 3.05) is 37.9 Å². The van der Waals surface area contributed by atoms with Crippen molar-refractivity contribution in [3.05, 3.63) is 69.5 Å². The van der Waals surface area contributed by atoms with Gasteiger partial charge in [0, 0.05) is 36.1 Å². The number of carbonyl (C=O) groups is 1. The van der Waals surface area contributed by atoms with Gasteiger partial charge in [-0.05, 0) is 70.7 Å². The number of ether oxygens (including phenoxy) is 2. The number of amides is 1. The molecule has 0 saturated heterocycles. The minimum Gasteiger partial charge on any atom is -0.492 e. The first-order valence-electron chi connectivity index (χ1n) is 13.7. The van der Waals surface area contributed by atoms with E-state index in [-0.39, 0.29) is 12.5 Å². The van der Waals surface area contributed by atoms with Gasteiger partial charge in [0.15, 0.2) is 5.75 Å². The summed E-state index contributed by atoms with van der Waals surface area (Å²) in [4.78, 5) is 23.6. The second-order valence-corrected chi connectivity index (χ2v) is 11.0. The van der Waals surface area contributed by atoms with Crippen molar-refractivity contribution in [1.29, 1.82) is 5.26 Å². The van der Waals surface area contributed by atoms with Gasteiger partial charge in [-0.25, -0.2) is 0 Å². The van der Waals surface area contributed by atoms with E-state index in [1.807, 2.05) is 51.0 Å². The number of halogens is 2. The summed E-state index contributed by atoms with van der Waals surface area (Å²) in [6, 6.07) is 12.6. The number of fused-ring (bicyclic) bond motifs is 1. The molecule has 9 nitrogen and oxygen atoms in total. The zero-order chi connectivity index (χ0) is 30.2. The normalized spacial score (nSPS) is 15.6. The molecule has 42 heavy (non-hydrogen) atoms. The summed E-state index contributed by atoms with van der Waals surface area (Å²) in [5.74, 6) is 0.143. The second kappa shape index (κ2) is 14.4. The average molecular weight is 610 g/mol. The van der Waals surface area contributed by atoms with Crippen molar-refractivity contribution in [2.45, 2.75) is 39.3 Å². The number of aryl methyl sites for hydroxylation is 1. The van der Waals surface area contributed by atoms with E-state index in [1.54, 1.807) is 30.6 Å². The molecule has 0 bridgehead atoms. The molecule has 220 valence electrons. The SMILES string of the molecule is CCOc1cc2c(cc1NC(=O)CCCN(C)C)C(Nc1cc(Cl)c(OCc3ncccc3C)c(Cl)c1)C(C#N)C=N2. The number of nitriles is 1. The minimum absolute atomic E-state index is 0.117. The first kappa shape index (κ1) is 31.1. The van der Waals surface area contributed by atoms with E-state index < -0.39 is 12.0 Å². The number of hydrogen-bond acceptors (Lipinski definition) is 8. The number of aromatic nitrogens is 1. The van der Waals surface area contributed by atoms with Gasteiger partial charge in [-0.2, -0.15) is 5.26 Å². The summed E-state index contributed by atoms with van der Waals surface area (Å²) >= 11 is 13.2. The summed E-state index contributed by atoms with van der Waals surface area (Å²) in [5, 5.41) is 17.0. The molecular formula is C31H34Cl2N6O3. The van der Waals surface area contributed by atoms with Crippen molar-refractivity contribution < 1.29 is 14.3 Å². The molecule has 1 amide bonds. The van der Waals surface area contributed by atoms with Gasteiger partial charge in [-0.3, -0.25) is 14.8 Å². The largest absolute Gasteiger partial charge is 0.492 e. The maximum atomic E-state index is 12.8. The van der Waals surface area contributed by atoms with E-state index in [0.29, 0.717) is 51.6 Å². The van der Waals surface area contributed by atoms with Crippen LogP contribution in [0.4, 0.5) is 17.1 Å². The molecule has 4 rings (SSSR count). The average Bonchev–Trinajstić information content (AvgIpc) is 2.94. The van der Waals surface area contributed by atoms with Crippen molar-refractivity contribution >= 4 is 52.4 Å². The summed E-state index contributed by atoms with van der Waals surface area (Å²) in [6.07, 6.45) is 4.40. The lowest BCUT2D eigenvalue weighted by molar-refractivity contribution is -0.116. The van der Waals surface area contributed by atoms with Crippen LogP contribution in [0.1, 0.15) is 42.6 Å². The van der Waals surface area contributed by atoms with Crippen LogP contribution in [0.5, 0.6) is 11.5 Å². The number of pyridine rings is 1. The summed E-state index contributed by atoms with van der Waals surface area (Å²) in [6.45, 7) is 5.27. The van der Waals surface area contributed by atoms with Crippen molar-refractivity contribution in [2.24, 2.45) is 10.9 Å². The number of anilines is 2. The van der Waals surface area contributed by atoms with Crippen LogP contribution in [0.15, 0.2) is 47.6 Å². The first-order valence-corrected chi connectivity index (χ1v) is 14.4. The lowest BCUT2D eigenvalue weighted by atomic mass is 9.90. The lowest BCUT2D eigenvalue weighted by Gasteiger charge is -2.28. The zero-order valence-corrected chi connectivity index (χ0v) is 25.6. The standard InChI is InChI=1S/C31H34Cl2N6O3/c1-5-41-28-15-25-22(14-26(28)38-29(40)9-7-11-39(3)4)30(20(16-34)17-36-25)37-21-12-23(32)31(24(33)13-21)42-18-27-19(2)8-6-10-35-27/h6,8,10,12-15,17,20,30,37H,5,7,9,11,18H2,1-4H3,(H,38,40). The lowest BCUT2D eigenvalue weighted by Crippen LogP contribution is -2.24. The molecule has 11 heteroatoms. The number of nitrogens with one attached hydrogen (secondary N) is 2. The molecule has 0 radical (unpaired) electrons. The molecule has 1 aromatic heterocycles. The van der Waals surface area contributed by atoms with Crippen molar-refractivity contribution in [3.8, 4) is 17.6 Å². The van der Waals surface area contributed by atoms with Crippen molar-refractivity contribution in [1.82, 2.24) is 9.88 Å². The fourth-order valence-corrected chi connectivity index (χ4v) is 5.17. The number of rotatable bonds is 12. The summed E-state index contributed by atoms with van der Waals surface area (Å²) < 4.78 is 11.7. The molecular weight excluding hydrogens is 575 g/mol. The highest BCUT2D eigenvalue weighted by atomic mass is 35.5. The Hall–Kier alpha value is -3.84. The van der Waals surface area contributed by atoms with Crippen LogP contribution in [-0.2, 0) is 11.4 Å². The molecule has 2 N–H and O–H groups in total. The van der Waals surface area contributed by atoms with Crippen LogP contribution >= 0.6 is 23.2 Å². The van der Waals surface area contributed by atoms with E-state index in [0.717, 1.165) is 29.8 Å². The van der Waals surface area contributed by atoms with E-state index in [9.17, 15) is 10.1 Å². The number of hydrogen-bond donors (Lipinski definition) is 2. The molecule has 1 aliphatic heterocycles. The maximum Gasteiger partial charge on any atom is 0.224 e. The molecule has 3 aromatic rings. The van der Waals surface area contributed by atoms with Crippen LogP contribution in [0.2, 0.25) is 10.0 Å². The number of benzene rings is 2. The Balaban J connectivity index is 1.59.